The second kappa shape index (κ2) is 6.70. The van der Waals surface area contributed by atoms with E-state index in [1.807, 2.05) is 0 Å². The summed E-state index contributed by atoms with van der Waals surface area (Å²) in [4.78, 5) is 12.0. The largest absolute Gasteiger partial charge is 0.478 e. The number of hydrogen-bond donors (Lipinski definition) is 2. The van der Waals surface area contributed by atoms with Crippen molar-refractivity contribution in [1.29, 1.82) is 0 Å². The van der Waals surface area contributed by atoms with Crippen molar-refractivity contribution < 1.29 is 18.3 Å². The lowest BCUT2D eigenvalue weighted by atomic mass is 10.1. The quantitative estimate of drug-likeness (QED) is 0.701. The van der Waals surface area contributed by atoms with Gasteiger partial charge in [-0.05, 0) is 42.3 Å². The second-order valence-electron chi connectivity index (χ2n) is 5.45. The lowest BCUT2D eigenvalue weighted by Gasteiger charge is -2.08. The third kappa shape index (κ3) is 3.72. The minimum atomic E-state index is -3.65. The Hall–Kier alpha value is -2.64. The molecule has 0 radical (unpaired) electrons. The summed E-state index contributed by atoms with van der Waals surface area (Å²) in [6.45, 7) is 1.75. The maximum atomic E-state index is 12.5. The average molecular weight is 373 g/mol. The van der Waals surface area contributed by atoms with Gasteiger partial charge < -0.3 is 5.11 Å². The summed E-state index contributed by atoms with van der Waals surface area (Å²) in [5.74, 6) is -0.982. The highest BCUT2D eigenvalue weighted by Gasteiger charge is 2.17. The summed E-state index contributed by atoms with van der Waals surface area (Å²) in [7, 11) is -3.65. The first-order valence-electron chi connectivity index (χ1n) is 7.37. The van der Waals surface area contributed by atoms with Crippen LogP contribution in [0.3, 0.4) is 0 Å². The summed E-state index contributed by atoms with van der Waals surface area (Å²) >= 11 is 1.38. The van der Waals surface area contributed by atoms with Crippen molar-refractivity contribution in [3.8, 4) is 10.4 Å². The van der Waals surface area contributed by atoms with Crippen LogP contribution in [0.1, 0.15) is 15.9 Å². The molecule has 2 aromatic carbocycles. The van der Waals surface area contributed by atoms with Crippen LogP contribution in [0.5, 0.6) is 0 Å². The van der Waals surface area contributed by atoms with Crippen molar-refractivity contribution in [2.45, 2.75) is 11.8 Å². The molecule has 0 atom stereocenters. The van der Waals surface area contributed by atoms with Crippen LogP contribution in [0.15, 0.2) is 64.9 Å². The van der Waals surface area contributed by atoms with Crippen molar-refractivity contribution in [2.75, 3.05) is 4.72 Å². The van der Waals surface area contributed by atoms with Crippen molar-refractivity contribution in [1.82, 2.24) is 0 Å². The summed E-state index contributed by atoms with van der Waals surface area (Å²) < 4.78 is 27.6. The van der Waals surface area contributed by atoms with Crippen LogP contribution in [0.25, 0.3) is 10.4 Å². The maximum absolute atomic E-state index is 12.5. The van der Waals surface area contributed by atoms with Gasteiger partial charge in [0.15, 0.2) is 0 Å². The second-order valence-corrected chi connectivity index (χ2v) is 8.02. The third-order valence-corrected chi connectivity index (χ3v) is 6.17. The van der Waals surface area contributed by atoms with E-state index in [0.29, 0.717) is 11.3 Å². The van der Waals surface area contributed by atoms with E-state index in [9.17, 15) is 13.2 Å². The molecule has 3 rings (SSSR count). The normalized spacial score (nSPS) is 11.2. The Morgan fingerprint density at radius 3 is 2.40 bits per heavy atom. The van der Waals surface area contributed by atoms with Crippen LogP contribution in [0.4, 0.5) is 5.69 Å². The van der Waals surface area contributed by atoms with Crippen LogP contribution in [0, 0.1) is 6.92 Å². The average Bonchev–Trinajstić information content (AvgIpc) is 3.03. The number of nitrogens with one attached hydrogen (secondary N) is 1. The molecule has 0 amide bonds. The molecule has 0 spiro atoms. The number of benzene rings is 2. The van der Waals surface area contributed by atoms with Crippen LogP contribution in [0.2, 0.25) is 0 Å². The topological polar surface area (TPSA) is 83.5 Å². The molecule has 0 aliphatic rings. The number of aryl methyl sites for hydroxylation is 1. The number of rotatable bonds is 5. The summed E-state index contributed by atoms with van der Waals surface area (Å²) in [6.07, 6.45) is 0. The Bertz CT molecular complexity index is 1020. The van der Waals surface area contributed by atoms with Crippen LogP contribution >= 0.6 is 11.3 Å². The molecule has 5 nitrogen and oxygen atoms in total. The number of thiophene rings is 1. The fraction of sp³-hybridized carbons (Fsp3) is 0.0556. The van der Waals surface area contributed by atoms with Gasteiger partial charge in [0, 0.05) is 10.3 Å². The number of anilines is 1. The Labute approximate surface area is 149 Å². The standard InChI is InChI=1S/C18H15NO4S2/c1-12-4-2-3-5-17(12)25(22,23)19-15-10-16(24-11-15)13-6-8-14(9-7-13)18(20)21/h2-11,19H,1H3,(H,20,21). The van der Waals surface area contributed by atoms with Crippen LogP contribution < -0.4 is 4.72 Å². The van der Waals surface area contributed by atoms with E-state index in [0.717, 1.165) is 10.4 Å². The Balaban J connectivity index is 1.84. The monoisotopic (exact) mass is 373 g/mol. The summed E-state index contributed by atoms with van der Waals surface area (Å²) in [5, 5.41) is 10.7. The van der Waals surface area contributed by atoms with Crippen molar-refractivity contribution in [3.63, 3.8) is 0 Å². The highest BCUT2D eigenvalue weighted by molar-refractivity contribution is 7.92. The minimum absolute atomic E-state index is 0.209. The van der Waals surface area contributed by atoms with E-state index in [-0.39, 0.29) is 10.5 Å². The zero-order chi connectivity index (χ0) is 18.0. The fourth-order valence-corrected chi connectivity index (χ4v) is 4.60. The SMILES string of the molecule is Cc1ccccc1S(=O)(=O)Nc1csc(-c2ccc(C(=O)O)cc2)c1. The van der Waals surface area contributed by atoms with E-state index >= 15 is 0 Å². The van der Waals surface area contributed by atoms with Crippen LogP contribution in [-0.4, -0.2) is 19.5 Å². The van der Waals surface area contributed by atoms with Crippen molar-refractivity contribution >= 4 is 33.0 Å². The molecular formula is C18H15NO4S2. The summed E-state index contributed by atoms with van der Waals surface area (Å²) in [6, 6.07) is 15.0. The molecule has 1 heterocycles. The molecule has 0 aliphatic heterocycles. The van der Waals surface area contributed by atoms with E-state index in [1.54, 1.807) is 54.8 Å². The van der Waals surface area contributed by atoms with E-state index in [4.69, 9.17) is 5.11 Å². The molecule has 1 aromatic heterocycles. The number of hydrogen-bond acceptors (Lipinski definition) is 4. The van der Waals surface area contributed by atoms with Crippen LogP contribution in [-0.2, 0) is 10.0 Å². The van der Waals surface area contributed by atoms with E-state index in [2.05, 4.69) is 4.72 Å². The number of aromatic carboxylic acids is 1. The van der Waals surface area contributed by atoms with Gasteiger partial charge in [-0.25, -0.2) is 13.2 Å². The molecule has 0 aliphatic carbocycles. The smallest absolute Gasteiger partial charge is 0.335 e. The molecule has 0 saturated heterocycles. The Kier molecular flexibility index (Phi) is 4.61. The number of carbonyl (C=O) groups is 1. The van der Waals surface area contributed by atoms with Gasteiger partial charge in [-0.15, -0.1) is 11.3 Å². The lowest BCUT2D eigenvalue weighted by Crippen LogP contribution is -2.13. The zero-order valence-electron chi connectivity index (χ0n) is 13.3. The zero-order valence-corrected chi connectivity index (χ0v) is 14.9. The maximum Gasteiger partial charge on any atom is 0.335 e. The molecule has 7 heteroatoms. The summed E-state index contributed by atoms with van der Waals surface area (Å²) in [5.41, 5.74) is 2.19. The van der Waals surface area contributed by atoms with Gasteiger partial charge in [0.25, 0.3) is 10.0 Å². The molecule has 0 unspecified atom stereocenters. The molecule has 2 N–H and O–H groups in total. The Morgan fingerprint density at radius 1 is 1.08 bits per heavy atom. The minimum Gasteiger partial charge on any atom is -0.478 e. The first kappa shape index (κ1) is 17.2. The lowest BCUT2D eigenvalue weighted by molar-refractivity contribution is 0.0697. The third-order valence-electron chi connectivity index (χ3n) is 3.65. The highest BCUT2D eigenvalue weighted by atomic mass is 32.2. The van der Waals surface area contributed by atoms with Crippen molar-refractivity contribution in [2.24, 2.45) is 0 Å². The molecule has 0 fully saturated rings. The number of carboxylic acids is 1. The van der Waals surface area contributed by atoms with Gasteiger partial charge in [-0.2, -0.15) is 0 Å². The predicted molar refractivity (Wildman–Crippen MR) is 98.7 cm³/mol. The van der Waals surface area contributed by atoms with E-state index < -0.39 is 16.0 Å². The molecule has 0 bridgehead atoms. The van der Waals surface area contributed by atoms with Gasteiger partial charge >= 0.3 is 5.97 Å². The molecule has 128 valence electrons. The first-order valence-corrected chi connectivity index (χ1v) is 9.74. The molecule has 0 saturated carbocycles. The number of carboxylic acid groups (broad SMARTS) is 1. The molecule has 3 aromatic rings. The number of sulfonamides is 1. The molecular weight excluding hydrogens is 358 g/mol. The fourth-order valence-electron chi connectivity index (χ4n) is 2.39. The Morgan fingerprint density at radius 2 is 1.76 bits per heavy atom. The van der Waals surface area contributed by atoms with E-state index in [1.165, 1.54) is 23.5 Å². The van der Waals surface area contributed by atoms with Crippen molar-refractivity contribution in [3.05, 3.63) is 71.1 Å². The first-order chi connectivity index (χ1) is 11.9. The van der Waals surface area contributed by atoms with Gasteiger partial charge in [-0.1, -0.05) is 30.3 Å². The van der Waals surface area contributed by atoms with Gasteiger partial charge in [-0.3, -0.25) is 4.72 Å². The predicted octanol–water partition coefficient (Wildman–Crippen LogP) is 4.22. The highest BCUT2D eigenvalue weighted by Crippen LogP contribution is 2.31. The van der Waals surface area contributed by atoms with Gasteiger partial charge in [0.05, 0.1) is 16.1 Å². The molecule has 25 heavy (non-hydrogen) atoms. The van der Waals surface area contributed by atoms with Gasteiger partial charge in [0.1, 0.15) is 0 Å². The van der Waals surface area contributed by atoms with Gasteiger partial charge in [0.2, 0.25) is 0 Å².